The maximum absolute atomic E-state index is 10.5. The number of piperidine rings is 1. The van der Waals surface area contributed by atoms with Crippen molar-refractivity contribution in [3.63, 3.8) is 0 Å². The number of anilines is 1. The minimum Gasteiger partial charge on any atom is -0.370 e. The number of nitrogens with zero attached hydrogens (tertiary/aromatic N) is 2. The first-order valence-electron chi connectivity index (χ1n) is 13.2. The van der Waals surface area contributed by atoms with E-state index in [1.54, 1.807) is 0 Å². The zero-order valence-corrected chi connectivity index (χ0v) is 20.4. The monoisotopic (exact) mass is 464 g/mol. The SMILES string of the molecule is N#Cc1c(N2CCCCC2)cc(-c2ccc3c(ccc4ccccc43)c2)c2c1-c1ccccc1CC2. The van der Waals surface area contributed by atoms with Crippen LogP contribution in [0.4, 0.5) is 5.69 Å². The van der Waals surface area contributed by atoms with Crippen LogP contribution in [0.25, 0.3) is 43.8 Å². The van der Waals surface area contributed by atoms with Crippen LogP contribution in [0.15, 0.2) is 84.9 Å². The second-order valence-corrected chi connectivity index (χ2v) is 10.2. The van der Waals surface area contributed by atoms with Crippen molar-refractivity contribution < 1.29 is 0 Å². The van der Waals surface area contributed by atoms with Gasteiger partial charge in [0.2, 0.25) is 0 Å². The zero-order valence-electron chi connectivity index (χ0n) is 20.4. The Labute approximate surface area is 212 Å². The molecule has 0 N–H and O–H groups in total. The maximum Gasteiger partial charge on any atom is 0.102 e. The summed E-state index contributed by atoms with van der Waals surface area (Å²) >= 11 is 0. The van der Waals surface area contributed by atoms with Crippen LogP contribution in [-0.2, 0) is 12.8 Å². The van der Waals surface area contributed by atoms with E-state index in [-0.39, 0.29) is 0 Å². The van der Waals surface area contributed by atoms with Gasteiger partial charge in [-0.15, -0.1) is 0 Å². The lowest BCUT2D eigenvalue weighted by molar-refractivity contribution is 0.577. The molecule has 0 unspecified atom stereocenters. The molecular weight excluding hydrogens is 436 g/mol. The quantitative estimate of drug-likeness (QED) is 0.246. The number of benzene rings is 5. The molecule has 2 nitrogen and oxygen atoms in total. The largest absolute Gasteiger partial charge is 0.370 e. The van der Waals surface area contributed by atoms with Crippen LogP contribution in [0.1, 0.15) is 36.0 Å². The molecule has 1 aliphatic heterocycles. The van der Waals surface area contributed by atoms with Gasteiger partial charge in [-0.25, -0.2) is 0 Å². The molecule has 0 spiro atoms. The average Bonchev–Trinajstić information content (AvgIpc) is 2.96. The molecule has 0 atom stereocenters. The van der Waals surface area contributed by atoms with Gasteiger partial charge in [0.25, 0.3) is 0 Å². The summed E-state index contributed by atoms with van der Waals surface area (Å²) in [7, 11) is 0. The third-order valence-corrected chi connectivity index (χ3v) is 8.21. The summed E-state index contributed by atoms with van der Waals surface area (Å²) in [6.45, 7) is 2.05. The lowest BCUT2D eigenvalue weighted by Gasteiger charge is -2.33. The van der Waals surface area contributed by atoms with Gasteiger partial charge in [0, 0.05) is 18.7 Å². The Morgan fingerprint density at radius 3 is 2.33 bits per heavy atom. The van der Waals surface area contributed by atoms with E-state index in [0.717, 1.165) is 42.7 Å². The normalized spacial score (nSPS) is 14.9. The molecule has 1 fully saturated rings. The van der Waals surface area contributed by atoms with Gasteiger partial charge in [0.1, 0.15) is 6.07 Å². The van der Waals surface area contributed by atoms with Gasteiger partial charge in [0.05, 0.1) is 11.3 Å². The van der Waals surface area contributed by atoms with Crippen LogP contribution in [0.5, 0.6) is 0 Å². The van der Waals surface area contributed by atoms with Gasteiger partial charge in [-0.3, -0.25) is 0 Å². The minimum absolute atomic E-state index is 0.856. The first-order valence-corrected chi connectivity index (χ1v) is 13.2. The van der Waals surface area contributed by atoms with Gasteiger partial charge in [-0.2, -0.15) is 5.26 Å². The van der Waals surface area contributed by atoms with Gasteiger partial charge in [-0.1, -0.05) is 72.8 Å². The van der Waals surface area contributed by atoms with Crippen LogP contribution in [0.2, 0.25) is 0 Å². The van der Waals surface area contributed by atoms with Crippen molar-refractivity contribution in [3.8, 4) is 28.3 Å². The molecule has 0 bridgehead atoms. The number of aryl methyl sites for hydroxylation is 1. The van der Waals surface area contributed by atoms with Gasteiger partial charge in [0.15, 0.2) is 0 Å². The standard InChI is InChI=1S/C34H28N2/c35-22-32-33(36-18-6-1-7-19-36)21-31(30-17-14-24-9-3-5-11-29(24)34(30)32)26-15-16-28-25(20-26)13-12-23-8-2-4-10-27(23)28/h2-5,8-13,15-16,20-21H,1,6-7,14,17-19H2. The molecule has 174 valence electrons. The summed E-state index contributed by atoms with van der Waals surface area (Å²) in [5, 5.41) is 15.6. The van der Waals surface area contributed by atoms with Crippen molar-refractivity contribution in [3.05, 3.63) is 102 Å². The summed E-state index contributed by atoms with van der Waals surface area (Å²) in [5.74, 6) is 0. The van der Waals surface area contributed by atoms with Crippen molar-refractivity contribution in [2.45, 2.75) is 32.1 Å². The average molecular weight is 465 g/mol. The van der Waals surface area contributed by atoms with Crippen molar-refractivity contribution in [1.82, 2.24) is 0 Å². The molecule has 0 aromatic heterocycles. The highest BCUT2D eigenvalue weighted by molar-refractivity contribution is 6.08. The second kappa shape index (κ2) is 8.54. The smallest absolute Gasteiger partial charge is 0.102 e. The molecule has 1 heterocycles. The van der Waals surface area contributed by atoms with E-state index in [9.17, 15) is 5.26 Å². The predicted octanol–water partition coefficient (Wildman–Crippen LogP) is 8.29. The lowest BCUT2D eigenvalue weighted by atomic mass is 9.78. The van der Waals surface area contributed by atoms with Gasteiger partial charge in [-0.05, 0) is 93.6 Å². The summed E-state index contributed by atoms with van der Waals surface area (Å²) in [4.78, 5) is 2.46. The summed E-state index contributed by atoms with van der Waals surface area (Å²) in [6.07, 6.45) is 5.64. The van der Waals surface area contributed by atoms with Crippen molar-refractivity contribution >= 4 is 27.2 Å². The molecule has 36 heavy (non-hydrogen) atoms. The van der Waals surface area contributed by atoms with Crippen LogP contribution in [-0.4, -0.2) is 13.1 Å². The Balaban J connectivity index is 1.50. The number of hydrogen-bond acceptors (Lipinski definition) is 2. The first-order chi connectivity index (χ1) is 17.8. The minimum atomic E-state index is 0.856. The molecule has 0 amide bonds. The Bertz CT molecular complexity index is 1680. The third kappa shape index (κ3) is 3.31. The fraction of sp³-hybridized carbons (Fsp3) is 0.206. The number of rotatable bonds is 2. The Morgan fingerprint density at radius 1 is 0.667 bits per heavy atom. The van der Waals surface area contributed by atoms with Crippen LogP contribution in [0.3, 0.4) is 0 Å². The highest BCUT2D eigenvalue weighted by atomic mass is 15.1. The molecule has 7 rings (SSSR count). The molecule has 1 aliphatic carbocycles. The molecule has 0 saturated carbocycles. The number of hydrogen-bond donors (Lipinski definition) is 0. The Hall–Kier alpha value is -4.09. The number of fused-ring (bicyclic) bond motifs is 6. The summed E-state index contributed by atoms with van der Waals surface area (Å²) in [6, 6.07) is 33.7. The molecule has 5 aromatic carbocycles. The van der Waals surface area contributed by atoms with E-state index < -0.39 is 0 Å². The Morgan fingerprint density at radius 2 is 1.44 bits per heavy atom. The van der Waals surface area contributed by atoms with Crippen molar-refractivity contribution in [2.24, 2.45) is 0 Å². The molecule has 5 aromatic rings. The highest BCUT2D eigenvalue weighted by Crippen LogP contribution is 2.45. The Kier molecular flexibility index (Phi) is 5.03. The van der Waals surface area contributed by atoms with E-state index in [4.69, 9.17) is 0 Å². The zero-order chi connectivity index (χ0) is 24.1. The molecule has 1 saturated heterocycles. The fourth-order valence-electron chi connectivity index (χ4n) is 6.44. The summed E-state index contributed by atoms with van der Waals surface area (Å²) < 4.78 is 0. The number of nitriles is 1. The highest BCUT2D eigenvalue weighted by Gasteiger charge is 2.27. The molecular formula is C34H28N2. The van der Waals surface area contributed by atoms with Crippen molar-refractivity contribution in [2.75, 3.05) is 18.0 Å². The van der Waals surface area contributed by atoms with E-state index in [2.05, 4.69) is 95.9 Å². The van der Waals surface area contributed by atoms with E-state index >= 15 is 0 Å². The van der Waals surface area contributed by atoms with E-state index in [0.29, 0.717) is 0 Å². The second-order valence-electron chi connectivity index (χ2n) is 10.2. The molecule has 2 heteroatoms. The predicted molar refractivity (Wildman–Crippen MR) is 151 cm³/mol. The van der Waals surface area contributed by atoms with Crippen LogP contribution >= 0.6 is 0 Å². The maximum atomic E-state index is 10.5. The van der Waals surface area contributed by atoms with Gasteiger partial charge >= 0.3 is 0 Å². The topological polar surface area (TPSA) is 27.0 Å². The van der Waals surface area contributed by atoms with Gasteiger partial charge < -0.3 is 4.90 Å². The summed E-state index contributed by atoms with van der Waals surface area (Å²) in [5.41, 5.74) is 9.58. The first kappa shape index (κ1) is 21.2. The fourth-order valence-corrected chi connectivity index (χ4v) is 6.44. The van der Waals surface area contributed by atoms with E-state index in [1.165, 1.54) is 68.6 Å². The molecule has 0 radical (unpaired) electrons. The lowest BCUT2D eigenvalue weighted by Crippen LogP contribution is -2.30. The van der Waals surface area contributed by atoms with Crippen LogP contribution in [0, 0.1) is 11.3 Å². The van der Waals surface area contributed by atoms with Crippen molar-refractivity contribution in [1.29, 1.82) is 5.26 Å². The van der Waals surface area contributed by atoms with E-state index in [1.807, 2.05) is 0 Å². The van der Waals surface area contributed by atoms with Crippen LogP contribution < -0.4 is 4.90 Å². The third-order valence-electron chi connectivity index (χ3n) is 8.21. The molecule has 2 aliphatic rings.